The van der Waals surface area contributed by atoms with E-state index in [2.05, 4.69) is 9.88 Å². The summed E-state index contributed by atoms with van der Waals surface area (Å²) in [6, 6.07) is 6.39. The molecule has 21 heavy (non-hydrogen) atoms. The average molecular weight is 311 g/mol. The lowest BCUT2D eigenvalue weighted by molar-refractivity contribution is 0.151. The third-order valence-corrected chi connectivity index (χ3v) is 4.46. The van der Waals surface area contributed by atoms with E-state index in [4.69, 9.17) is 5.73 Å². The highest BCUT2D eigenvalue weighted by Gasteiger charge is 2.18. The van der Waals surface area contributed by atoms with Gasteiger partial charge in [0.15, 0.2) is 0 Å². The summed E-state index contributed by atoms with van der Waals surface area (Å²) in [6.45, 7) is 3.05. The lowest BCUT2D eigenvalue weighted by atomic mass is 10.0. The number of likely N-dealkylation sites (N-methyl/N-ethyl adjacent to an activating group) is 1. The Hall–Kier alpha value is -1.37. The summed E-state index contributed by atoms with van der Waals surface area (Å²) in [4.78, 5) is 7.47. The maximum atomic E-state index is 12.8. The molecule has 1 unspecified atom stereocenters. The fourth-order valence-corrected chi connectivity index (χ4v) is 3.13. The molecular formula is C15H19F2N3S. The molecule has 0 saturated heterocycles. The molecule has 1 aromatic heterocycles. The van der Waals surface area contributed by atoms with Gasteiger partial charge in [0.1, 0.15) is 0 Å². The zero-order valence-corrected chi connectivity index (χ0v) is 12.9. The van der Waals surface area contributed by atoms with Gasteiger partial charge in [0.05, 0.1) is 11.2 Å². The van der Waals surface area contributed by atoms with Gasteiger partial charge in [0, 0.05) is 29.6 Å². The molecule has 0 aliphatic heterocycles. The molecule has 0 amide bonds. The van der Waals surface area contributed by atoms with Gasteiger partial charge in [-0.15, -0.1) is 11.3 Å². The molecular weight excluding hydrogens is 292 g/mol. The van der Waals surface area contributed by atoms with E-state index in [0.29, 0.717) is 13.1 Å². The van der Waals surface area contributed by atoms with E-state index in [-0.39, 0.29) is 11.6 Å². The number of benzene rings is 1. The van der Waals surface area contributed by atoms with E-state index >= 15 is 0 Å². The van der Waals surface area contributed by atoms with Crippen LogP contribution in [0.4, 0.5) is 8.78 Å². The molecule has 1 heterocycles. The van der Waals surface area contributed by atoms with Crippen molar-refractivity contribution in [3.05, 3.63) is 51.5 Å². The van der Waals surface area contributed by atoms with Crippen LogP contribution >= 0.6 is 11.3 Å². The predicted molar refractivity (Wildman–Crippen MR) is 81.5 cm³/mol. The molecule has 2 N–H and O–H groups in total. The van der Waals surface area contributed by atoms with E-state index in [1.165, 1.54) is 17.0 Å². The van der Waals surface area contributed by atoms with Gasteiger partial charge in [-0.1, -0.05) is 18.2 Å². The van der Waals surface area contributed by atoms with Crippen LogP contribution in [-0.4, -0.2) is 23.5 Å². The van der Waals surface area contributed by atoms with E-state index in [1.54, 1.807) is 17.4 Å². The van der Waals surface area contributed by atoms with E-state index < -0.39 is 6.43 Å². The zero-order valence-electron chi connectivity index (χ0n) is 12.1. The molecule has 114 valence electrons. The maximum Gasteiger partial charge on any atom is 0.263 e. The monoisotopic (exact) mass is 311 g/mol. The topological polar surface area (TPSA) is 42.2 Å². The van der Waals surface area contributed by atoms with Crippen LogP contribution in [0.15, 0.2) is 29.8 Å². The number of hydrogen-bond acceptors (Lipinski definition) is 4. The van der Waals surface area contributed by atoms with Crippen molar-refractivity contribution in [2.45, 2.75) is 25.9 Å². The first-order chi connectivity index (χ1) is 10.0. The fraction of sp³-hybridized carbons (Fsp3) is 0.400. The van der Waals surface area contributed by atoms with Gasteiger partial charge in [-0.3, -0.25) is 4.90 Å². The van der Waals surface area contributed by atoms with Crippen LogP contribution in [0.3, 0.4) is 0 Å². The fourth-order valence-electron chi connectivity index (χ4n) is 2.29. The van der Waals surface area contributed by atoms with E-state index in [1.807, 2.05) is 25.5 Å². The first-order valence-electron chi connectivity index (χ1n) is 6.70. The molecule has 1 atom stereocenters. The number of nitrogens with zero attached hydrogens (tertiary/aromatic N) is 2. The molecule has 0 aliphatic carbocycles. The van der Waals surface area contributed by atoms with Gasteiger partial charge >= 0.3 is 0 Å². The molecule has 1 aromatic carbocycles. The summed E-state index contributed by atoms with van der Waals surface area (Å²) in [6.07, 6.45) is -2.46. The minimum absolute atomic E-state index is 0.0355. The highest BCUT2D eigenvalue weighted by molar-refractivity contribution is 7.09. The summed E-state index contributed by atoms with van der Waals surface area (Å²) >= 11 is 1.60. The predicted octanol–water partition coefficient (Wildman–Crippen LogP) is 3.52. The van der Waals surface area contributed by atoms with Gasteiger partial charge in [-0.25, -0.2) is 13.8 Å². The second-order valence-corrected chi connectivity index (χ2v) is 5.94. The maximum absolute atomic E-state index is 12.8. The van der Waals surface area contributed by atoms with Crippen molar-refractivity contribution in [2.75, 3.05) is 13.6 Å². The molecule has 2 rings (SSSR count). The molecule has 0 fully saturated rings. The number of halogens is 2. The van der Waals surface area contributed by atoms with Gasteiger partial charge < -0.3 is 5.73 Å². The third kappa shape index (κ3) is 3.84. The first kappa shape index (κ1) is 16.0. The Labute approximate surface area is 127 Å². The quantitative estimate of drug-likeness (QED) is 0.887. The van der Waals surface area contributed by atoms with Crippen molar-refractivity contribution in [3.8, 4) is 0 Å². The van der Waals surface area contributed by atoms with Crippen molar-refractivity contribution in [3.63, 3.8) is 0 Å². The van der Waals surface area contributed by atoms with Crippen LogP contribution < -0.4 is 5.73 Å². The zero-order chi connectivity index (χ0) is 15.4. The minimum atomic E-state index is -2.46. The van der Waals surface area contributed by atoms with Gasteiger partial charge in [0.25, 0.3) is 6.43 Å². The highest BCUT2D eigenvalue weighted by atomic mass is 32.1. The Bertz CT molecular complexity index is 586. The molecule has 0 spiro atoms. The lowest BCUT2D eigenvalue weighted by Crippen LogP contribution is -2.30. The lowest BCUT2D eigenvalue weighted by Gasteiger charge is -2.27. The second-order valence-electron chi connectivity index (χ2n) is 5.00. The number of alkyl halides is 2. The number of aryl methyl sites for hydroxylation is 1. The minimum Gasteiger partial charge on any atom is -0.329 e. The second kappa shape index (κ2) is 7.06. The van der Waals surface area contributed by atoms with Crippen LogP contribution in [-0.2, 0) is 6.54 Å². The van der Waals surface area contributed by atoms with Crippen molar-refractivity contribution < 1.29 is 8.78 Å². The van der Waals surface area contributed by atoms with Crippen molar-refractivity contribution in [1.29, 1.82) is 0 Å². The largest absolute Gasteiger partial charge is 0.329 e. The summed E-state index contributed by atoms with van der Waals surface area (Å²) < 4.78 is 25.6. The van der Waals surface area contributed by atoms with Crippen LogP contribution in [0.1, 0.15) is 34.2 Å². The Morgan fingerprint density at radius 1 is 1.33 bits per heavy atom. The Morgan fingerprint density at radius 2 is 2.05 bits per heavy atom. The molecule has 2 aromatic rings. The normalized spacial score (nSPS) is 13.1. The van der Waals surface area contributed by atoms with Crippen LogP contribution in [0, 0.1) is 6.92 Å². The van der Waals surface area contributed by atoms with Gasteiger partial charge in [0.2, 0.25) is 0 Å². The molecule has 0 saturated carbocycles. The van der Waals surface area contributed by atoms with Crippen LogP contribution in [0.2, 0.25) is 0 Å². The van der Waals surface area contributed by atoms with Crippen LogP contribution in [0.25, 0.3) is 0 Å². The van der Waals surface area contributed by atoms with Crippen LogP contribution in [0.5, 0.6) is 0 Å². The van der Waals surface area contributed by atoms with E-state index in [9.17, 15) is 8.78 Å². The molecule has 0 bridgehead atoms. The standard InChI is InChI=1S/C15H19F2N3S/c1-10-14(21-9-19-10)8-20(2)13(7-18)11-4-3-5-12(6-11)15(16)17/h3-6,9,13,15H,7-8,18H2,1-2H3. The van der Waals surface area contributed by atoms with E-state index in [0.717, 1.165) is 11.3 Å². The summed E-state index contributed by atoms with van der Waals surface area (Å²) in [5, 5.41) is 0. The third-order valence-electron chi connectivity index (χ3n) is 3.54. The Balaban J connectivity index is 2.18. The number of thiazole rings is 1. The van der Waals surface area contributed by atoms with Crippen molar-refractivity contribution >= 4 is 11.3 Å². The van der Waals surface area contributed by atoms with Gasteiger partial charge in [-0.05, 0) is 25.6 Å². The molecule has 3 nitrogen and oxygen atoms in total. The Kier molecular flexibility index (Phi) is 5.39. The highest BCUT2D eigenvalue weighted by Crippen LogP contribution is 2.26. The first-order valence-corrected chi connectivity index (χ1v) is 7.58. The van der Waals surface area contributed by atoms with Crippen molar-refractivity contribution in [2.24, 2.45) is 5.73 Å². The number of rotatable bonds is 6. The molecule has 0 aliphatic rings. The van der Waals surface area contributed by atoms with Gasteiger partial charge in [-0.2, -0.15) is 0 Å². The molecule has 0 radical (unpaired) electrons. The number of aromatic nitrogens is 1. The summed E-state index contributed by atoms with van der Waals surface area (Å²) in [5.41, 5.74) is 9.53. The van der Waals surface area contributed by atoms with Crippen molar-refractivity contribution in [1.82, 2.24) is 9.88 Å². The molecule has 6 heteroatoms. The number of hydrogen-bond donors (Lipinski definition) is 1. The Morgan fingerprint density at radius 3 is 2.62 bits per heavy atom. The number of nitrogens with two attached hydrogens (primary N) is 1. The smallest absolute Gasteiger partial charge is 0.263 e. The SMILES string of the molecule is Cc1ncsc1CN(C)C(CN)c1cccc(C(F)F)c1. The summed E-state index contributed by atoms with van der Waals surface area (Å²) in [5.74, 6) is 0. The average Bonchev–Trinajstić information content (AvgIpc) is 2.85. The summed E-state index contributed by atoms with van der Waals surface area (Å²) in [7, 11) is 1.95.